The molecule has 0 aliphatic rings. The van der Waals surface area contributed by atoms with Crippen molar-refractivity contribution in [1.82, 2.24) is 10.2 Å². The first-order chi connectivity index (χ1) is 8.54. The van der Waals surface area contributed by atoms with Gasteiger partial charge in [-0.1, -0.05) is 18.2 Å². The van der Waals surface area contributed by atoms with Gasteiger partial charge in [-0.3, -0.25) is 9.69 Å². The van der Waals surface area contributed by atoms with Crippen molar-refractivity contribution in [1.29, 1.82) is 0 Å². The number of nitrogens with one attached hydrogen (secondary N) is 2. The van der Waals surface area contributed by atoms with Crippen LogP contribution >= 0.6 is 0 Å². The zero-order valence-electron chi connectivity index (χ0n) is 11.7. The molecule has 0 heterocycles. The number of benzene rings is 1. The Morgan fingerprint density at radius 1 is 1.28 bits per heavy atom. The molecular weight excluding hydrogens is 226 g/mol. The van der Waals surface area contributed by atoms with Crippen molar-refractivity contribution in [2.75, 3.05) is 39.0 Å². The van der Waals surface area contributed by atoms with Crippen LogP contribution in [0.15, 0.2) is 18.2 Å². The minimum absolute atomic E-state index is 0.0333. The predicted molar refractivity (Wildman–Crippen MR) is 76.0 cm³/mol. The highest BCUT2D eigenvalue weighted by Crippen LogP contribution is 2.19. The number of rotatable bonds is 6. The van der Waals surface area contributed by atoms with Crippen molar-refractivity contribution in [3.63, 3.8) is 0 Å². The van der Waals surface area contributed by atoms with Crippen LogP contribution in [0.2, 0.25) is 0 Å². The molecule has 0 atom stereocenters. The highest BCUT2D eigenvalue weighted by molar-refractivity contribution is 5.93. The average molecular weight is 249 g/mol. The minimum atomic E-state index is 0.0333. The Balaban J connectivity index is 2.54. The lowest BCUT2D eigenvalue weighted by Gasteiger charge is -2.17. The van der Waals surface area contributed by atoms with E-state index in [1.54, 1.807) is 0 Å². The van der Waals surface area contributed by atoms with Crippen molar-refractivity contribution in [3.05, 3.63) is 29.3 Å². The lowest BCUT2D eigenvalue weighted by atomic mass is 10.1. The highest BCUT2D eigenvalue weighted by Gasteiger charge is 2.09. The molecule has 4 heteroatoms. The summed E-state index contributed by atoms with van der Waals surface area (Å²) in [5.41, 5.74) is 3.13. The molecule has 1 amide bonds. The second-order valence-electron chi connectivity index (χ2n) is 4.66. The molecule has 0 bridgehead atoms. The van der Waals surface area contributed by atoms with E-state index in [-0.39, 0.29) is 5.91 Å². The van der Waals surface area contributed by atoms with Gasteiger partial charge in [-0.15, -0.1) is 0 Å². The zero-order chi connectivity index (χ0) is 13.5. The molecule has 1 aromatic rings. The van der Waals surface area contributed by atoms with Crippen molar-refractivity contribution in [3.8, 4) is 0 Å². The van der Waals surface area contributed by atoms with Gasteiger partial charge in [0.2, 0.25) is 5.91 Å². The van der Waals surface area contributed by atoms with Gasteiger partial charge >= 0.3 is 0 Å². The largest absolute Gasteiger partial charge is 0.324 e. The molecule has 0 saturated heterocycles. The number of carbonyl (C=O) groups excluding carboxylic acids is 1. The normalized spacial score (nSPS) is 10.7. The van der Waals surface area contributed by atoms with Gasteiger partial charge in [0, 0.05) is 18.8 Å². The van der Waals surface area contributed by atoms with E-state index >= 15 is 0 Å². The third-order valence-electron chi connectivity index (χ3n) is 2.90. The average Bonchev–Trinajstić information content (AvgIpc) is 2.31. The molecule has 0 saturated carbocycles. The fourth-order valence-electron chi connectivity index (χ4n) is 1.82. The monoisotopic (exact) mass is 249 g/mol. The molecule has 1 rings (SSSR count). The minimum Gasteiger partial charge on any atom is -0.324 e. The van der Waals surface area contributed by atoms with E-state index in [9.17, 15) is 4.79 Å². The van der Waals surface area contributed by atoms with Crippen LogP contribution in [0.25, 0.3) is 0 Å². The maximum atomic E-state index is 11.9. The van der Waals surface area contributed by atoms with E-state index in [1.807, 2.05) is 51.0 Å². The van der Waals surface area contributed by atoms with Crippen molar-refractivity contribution in [2.24, 2.45) is 0 Å². The zero-order valence-corrected chi connectivity index (χ0v) is 11.7. The molecular formula is C14H23N3O. The summed E-state index contributed by atoms with van der Waals surface area (Å²) in [6.07, 6.45) is 0. The molecule has 0 spiro atoms. The Morgan fingerprint density at radius 3 is 2.44 bits per heavy atom. The van der Waals surface area contributed by atoms with Crippen molar-refractivity contribution < 1.29 is 4.79 Å². The van der Waals surface area contributed by atoms with Crippen LogP contribution in [0.4, 0.5) is 5.69 Å². The molecule has 2 N–H and O–H groups in total. The number of aryl methyl sites for hydroxylation is 2. The number of nitrogens with zero attached hydrogens (tertiary/aromatic N) is 1. The number of para-hydroxylation sites is 1. The van der Waals surface area contributed by atoms with E-state index in [2.05, 4.69) is 10.6 Å². The highest BCUT2D eigenvalue weighted by atomic mass is 16.2. The number of likely N-dealkylation sites (N-methyl/N-ethyl adjacent to an activating group) is 2. The molecule has 0 aromatic heterocycles. The SMILES string of the molecule is CNCCN(C)CC(=O)Nc1c(C)cccc1C. The Kier molecular flexibility index (Phi) is 5.82. The van der Waals surface area contributed by atoms with Gasteiger partial charge in [0.15, 0.2) is 0 Å². The smallest absolute Gasteiger partial charge is 0.238 e. The van der Waals surface area contributed by atoms with Crippen LogP contribution < -0.4 is 10.6 Å². The summed E-state index contributed by atoms with van der Waals surface area (Å²) in [6, 6.07) is 6.01. The molecule has 0 aliphatic heterocycles. The summed E-state index contributed by atoms with van der Waals surface area (Å²) in [5, 5.41) is 6.05. The van der Waals surface area contributed by atoms with Gasteiger partial charge in [-0.2, -0.15) is 0 Å². The number of anilines is 1. The van der Waals surface area contributed by atoms with Crippen LogP contribution in [0.1, 0.15) is 11.1 Å². The maximum Gasteiger partial charge on any atom is 0.238 e. The fourth-order valence-corrected chi connectivity index (χ4v) is 1.82. The Hall–Kier alpha value is -1.39. The number of hydrogen-bond donors (Lipinski definition) is 2. The van der Waals surface area contributed by atoms with Gasteiger partial charge < -0.3 is 10.6 Å². The summed E-state index contributed by atoms with van der Waals surface area (Å²) < 4.78 is 0. The van der Waals surface area contributed by atoms with Gasteiger partial charge in [0.05, 0.1) is 6.54 Å². The van der Waals surface area contributed by atoms with Crippen LogP contribution in [0.5, 0.6) is 0 Å². The molecule has 0 aliphatic carbocycles. The van der Waals surface area contributed by atoms with E-state index in [4.69, 9.17) is 0 Å². The van der Waals surface area contributed by atoms with Crippen LogP contribution in [-0.4, -0.2) is 44.5 Å². The summed E-state index contributed by atoms with van der Waals surface area (Å²) in [4.78, 5) is 13.9. The van der Waals surface area contributed by atoms with Gasteiger partial charge in [-0.25, -0.2) is 0 Å². The van der Waals surface area contributed by atoms with E-state index < -0.39 is 0 Å². The summed E-state index contributed by atoms with van der Waals surface area (Å²) in [6.45, 7) is 6.17. The second-order valence-corrected chi connectivity index (χ2v) is 4.66. The number of hydrogen-bond acceptors (Lipinski definition) is 3. The molecule has 4 nitrogen and oxygen atoms in total. The molecule has 100 valence electrons. The third kappa shape index (κ3) is 4.47. The molecule has 0 fully saturated rings. The second kappa shape index (κ2) is 7.13. The van der Waals surface area contributed by atoms with Gasteiger partial charge in [-0.05, 0) is 39.1 Å². The summed E-state index contributed by atoms with van der Waals surface area (Å²) in [5.74, 6) is 0.0333. The standard InChI is InChI=1S/C14H23N3O/c1-11-6-5-7-12(2)14(11)16-13(18)10-17(4)9-8-15-3/h5-7,15H,8-10H2,1-4H3,(H,16,18). The lowest BCUT2D eigenvalue weighted by molar-refractivity contribution is -0.117. The van der Waals surface area contributed by atoms with Crippen LogP contribution in [0, 0.1) is 13.8 Å². The summed E-state index contributed by atoms with van der Waals surface area (Å²) >= 11 is 0. The predicted octanol–water partition coefficient (Wildman–Crippen LogP) is 1.39. The maximum absolute atomic E-state index is 11.9. The first kappa shape index (κ1) is 14.7. The third-order valence-corrected chi connectivity index (χ3v) is 2.90. The van der Waals surface area contributed by atoms with Crippen LogP contribution in [-0.2, 0) is 4.79 Å². The van der Waals surface area contributed by atoms with Crippen LogP contribution in [0.3, 0.4) is 0 Å². The van der Waals surface area contributed by atoms with E-state index in [1.165, 1.54) is 0 Å². The van der Waals surface area contributed by atoms with Gasteiger partial charge in [0.25, 0.3) is 0 Å². The number of carbonyl (C=O) groups is 1. The van der Waals surface area contributed by atoms with E-state index in [0.29, 0.717) is 6.54 Å². The van der Waals surface area contributed by atoms with E-state index in [0.717, 1.165) is 29.9 Å². The number of amides is 1. The Morgan fingerprint density at radius 2 is 1.89 bits per heavy atom. The molecule has 0 radical (unpaired) electrons. The Bertz CT molecular complexity index is 384. The molecule has 1 aromatic carbocycles. The molecule has 0 unspecified atom stereocenters. The fraction of sp³-hybridized carbons (Fsp3) is 0.500. The molecule has 18 heavy (non-hydrogen) atoms. The first-order valence-electron chi connectivity index (χ1n) is 6.23. The topological polar surface area (TPSA) is 44.4 Å². The van der Waals surface area contributed by atoms with Crippen molar-refractivity contribution in [2.45, 2.75) is 13.8 Å². The quantitative estimate of drug-likeness (QED) is 0.801. The Labute approximate surface area is 109 Å². The first-order valence-corrected chi connectivity index (χ1v) is 6.23. The van der Waals surface area contributed by atoms with Gasteiger partial charge in [0.1, 0.15) is 0 Å². The summed E-state index contributed by atoms with van der Waals surface area (Å²) in [7, 11) is 3.85. The lowest BCUT2D eigenvalue weighted by Crippen LogP contribution is -2.34. The van der Waals surface area contributed by atoms with Crippen molar-refractivity contribution >= 4 is 11.6 Å².